The predicted molar refractivity (Wildman–Crippen MR) is 135 cm³/mol. The van der Waals surface area contributed by atoms with Crippen molar-refractivity contribution in [3.8, 4) is 0 Å². The van der Waals surface area contributed by atoms with Crippen LogP contribution in [-0.2, 0) is 17.7 Å². The van der Waals surface area contributed by atoms with Crippen LogP contribution in [-0.4, -0.2) is 54.3 Å². The molecule has 1 N–H and O–H groups in total. The molecule has 2 aromatic rings. The maximum absolute atomic E-state index is 5.84. The number of unbranched alkanes of at least 4 members (excludes halogenated alkanes) is 1. The molecule has 0 amide bonds. The van der Waals surface area contributed by atoms with Crippen LogP contribution in [0.25, 0.3) is 0 Å². The first-order chi connectivity index (χ1) is 15.1. The third kappa shape index (κ3) is 8.24. The summed E-state index contributed by atoms with van der Waals surface area (Å²) < 4.78 is 5.47. The number of aryl methyl sites for hydroxylation is 2. The molecule has 168 valence electrons. The SMILES string of the molecule is CCCCc1ccc(NC(=S)N(CCCN2CCOCC2)Cc2ccc(C)cc2)cc1. The fourth-order valence-corrected chi connectivity index (χ4v) is 4.09. The molecule has 0 bridgehead atoms. The van der Waals surface area contributed by atoms with E-state index < -0.39 is 0 Å². The molecule has 3 rings (SSSR count). The molecule has 0 saturated carbocycles. The van der Waals surface area contributed by atoms with Gasteiger partial charge in [-0.25, -0.2) is 0 Å². The fraction of sp³-hybridized carbons (Fsp3) is 0.500. The van der Waals surface area contributed by atoms with Crippen LogP contribution in [0.2, 0.25) is 0 Å². The van der Waals surface area contributed by atoms with Crippen molar-refractivity contribution in [2.24, 2.45) is 0 Å². The van der Waals surface area contributed by atoms with Gasteiger partial charge in [0.2, 0.25) is 0 Å². The Balaban J connectivity index is 1.59. The Kier molecular flexibility index (Phi) is 9.79. The molecule has 1 heterocycles. The van der Waals surface area contributed by atoms with Crippen molar-refractivity contribution in [2.45, 2.75) is 46.1 Å². The van der Waals surface area contributed by atoms with E-state index in [1.807, 2.05) is 0 Å². The minimum absolute atomic E-state index is 0.795. The van der Waals surface area contributed by atoms with E-state index in [0.29, 0.717) is 0 Å². The largest absolute Gasteiger partial charge is 0.379 e. The molecular weight excluding hydrogens is 402 g/mol. The summed E-state index contributed by atoms with van der Waals surface area (Å²) in [7, 11) is 0. The highest BCUT2D eigenvalue weighted by molar-refractivity contribution is 7.80. The summed E-state index contributed by atoms with van der Waals surface area (Å²) in [5.41, 5.74) is 5.02. The number of ether oxygens (including phenoxy) is 1. The van der Waals surface area contributed by atoms with Crippen molar-refractivity contribution in [3.63, 3.8) is 0 Å². The normalized spacial score (nSPS) is 14.4. The average molecular weight is 440 g/mol. The van der Waals surface area contributed by atoms with Crippen LogP contribution in [0.3, 0.4) is 0 Å². The summed E-state index contributed by atoms with van der Waals surface area (Å²) in [5.74, 6) is 0. The van der Waals surface area contributed by atoms with Crippen molar-refractivity contribution in [1.82, 2.24) is 9.80 Å². The number of nitrogens with one attached hydrogen (secondary N) is 1. The van der Waals surface area contributed by atoms with Gasteiger partial charge in [0.25, 0.3) is 0 Å². The molecule has 0 spiro atoms. The van der Waals surface area contributed by atoms with Gasteiger partial charge in [-0.3, -0.25) is 4.90 Å². The number of thiocarbonyl (C=S) groups is 1. The van der Waals surface area contributed by atoms with Gasteiger partial charge in [0.15, 0.2) is 5.11 Å². The third-order valence-corrected chi connectivity index (χ3v) is 6.17. The Morgan fingerprint density at radius 3 is 2.35 bits per heavy atom. The minimum atomic E-state index is 0.795. The molecule has 4 nitrogen and oxygen atoms in total. The zero-order valence-corrected chi connectivity index (χ0v) is 19.9. The average Bonchev–Trinajstić information content (AvgIpc) is 2.80. The molecule has 0 aromatic heterocycles. The second kappa shape index (κ2) is 12.8. The van der Waals surface area contributed by atoms with Crippen LogP contribution < -0.4 is 5.32 Å². The van der Waals surface area contributed by atoms with E-state index in [-0.39, 0.29) is 0 Å². The molecule has 1 aliphatic rings. The Morgan fingerprint density at radius 1 is 1.00 bits per heavy atom. The highest BCUT2D eigenvalue weighted by Crippen LogP contribution is 2.15. The van der Waals surface area contributed by atoms with Gasteiger partial charge in [-0.05, 0) is 61.7 Å². The minimum Gasteiger partial charge on any atom is -0.379 e. The number of hydrogen-bond donors (Lipinski definition) is 1. The van der Waals surface area contributed by atoms with Crippen molar-refractivity contribution >= 4 is 23.0 Å². The van der Waals surface area contributed by atoms with Crippen molar-refractivity contribution in [3.05, 3.63) is 65.2 Å². The standard InChI is InChI=1S/C26H37N3OS/c1-3-4-6-23-11-13-25(14-12-23)27-26(31)29(21-24-9-7-22(2)8-10-24)16-5-15-28-17-19-30-20-18-28/h7-14H,3-6,15-21H2,1-2H3,(H,27,31). The lowest BCUT2D eigenvalue weighted by molar-refractivity contribution is 0.0368. The van der Waals surface area contributed by atoms with Gasteiger partial charge in [0.1, 0.15) is 0 Å². The highest BCUT2D eigenvalue weighted by Gasteiger charge is 2.14. The summed E-state index contributed by atoms with van der Waals surface area (Å²) in [6.07, 6.45) is 4.69. The summed E-state index contributed by atoms with van der Waals surface area (Å²) >= 11 is 5.84. The number of benzene rings is 2. The topological polar surface area (TPSA) is 27.7 Å². The Morgan fingerprint density at radius 2 is 1.68 bits per heavy atom. The second-order valence-corrected chi connectivity index (χ2v) is 8.83. The first-order valence-corrected chi connectivity index (χ1v) is 12.1. The van der Waals surface area contributed by atoms with E-state index in [0.717, 1.165) is 69.6 Å². The van der Waals surface area contributed by atoms with Crippen molar-refractivity contribution < 1.29 is 4.74 Å². The third-order valence-electron chi connectivity index (χ3n) is 5.81. The summed E-state index contributed by atoms with van der Waals surface area (Å²) in [6, 6.07) is 17.5. The zero-order valence-electron chi connectivity index (χ0n) is 19.1. The first-order valence-electron chi connectivity index (χ1n) is 11.6. The van der Waals surface area contributed by atoms with Gasteiger partial charge in [-0.2, -0.15) is 0 Å². The molecule has 0 unspecified atom stereocenters. The smallest absolute Gasteiger partial charge is 0.173 e. The monoisotopic (exact) mass is 439 g/mol. The predicted octanol–water partition coefficient (Wildman–Crippen LogP) is 5.26. The molecular formula is C26H37N3OS. The van der Waals surface area contributed by atoms with Gasteiger partial charge < -0.3 is 15.0 Å². The molecule has 1 saturated heterocycles. The number of hydrogen-bond acceptors (Lipinski definition) is 3. The number of rotatable bonds is 10. The first kappa shape index (κ1) is 23.7. The molecule has 31 heavy (non-hydrogen) atoms. The van der Waals surface area contributed by atoms with Crippen LogP contribution in [0.5, 0.6) is 0 Å². The Hall–Kier alpha value is -1.95. The van der Waals surface area contributed by atoms with Crippen molar-refractivity contribution in [1.29, 1.82) is 0 Å². The quantitative estimate of drug-likeness (QED) is 0.510. The molecule has 1 aliphatic heterocycles. The van der Waals surface area contributed by atoms with Gasteiger partial charge in [0.05, 0.1) is 13.2 Å². The van der Waals surface area contributed by atoms with E-state index in [1.54, 1.807) is 0 Å². The van der Waals surface area contributed by atoms with Gasteiger partial charge in [0, 0.05) is 38.4 Å². The number of nitrogens with zero attached hydrogens (tertiary/aromatic N) is 2. The van der Waals surface area contributed by atoms with Crippen molar-refractivity contribution in [2.75, 3.05) is 44.7 Å². The summed E-state index contributed by atoms with van der Waals surface area (Å²) in [5, 5.41) is 4.26. The molecule has 5 heteroatoms. The second-order valence-electron chi connectivity index (χ2n) is 8.45. The summed E-state index contributed by atoms with van der Waals surface area (Å²) in [6.45, 7) is 11.0. The lowest BCUT2D eigenvalue weighted by atomic mass is 10.1. The maximum atomic E-state index is 5.84. The van der Waals surface area contributed by atoms with Crippen LogP contribution in [0.1, 0.15) is 42.9 Å². The molecule has 0 atom stereocenters. The molecule has 1 fully saturated rings. The Labute approximate surface area is 193 Å². The lowest BCUT2D eigenvalue weighted by Crippen LogP contribution is -2.40. The lowest BCUT2D eigenvalue weighted by Gasteiger charge is -2.29. The van der Waals surface area contributed by atoms with E-state index in [1.165, 1.54) is 29.5 Å². The number of anilines is 1. The van der Waals surface area contributed by atoms with Crippen LogP contribution in [0.4, 0.5) is 5.69 Å². The van der Waals surface area contributed by atoms with E-state index >= 15 is 0 Å². The van der Waals surface area contributed by atoms with Gasteiger partial charge in [-0.15, -0.1) is 0 Å². The van der Waals surface area contributed by atoms with Gasteiger partial charge in [-0.1, -0.05) is 55.3 Å². The molecule has 2 aromatic carbocycles. The Bertz CT molecular complexity index is 785. The summed E-state index contributed by atoms with van der Waals surface area (Å²) in [4.78, 5) is 4.78. The molecule has 0 radical (unpaired) electrons. The maximum Gasteiger partial charge on any atom is 0.173 e. The van der Waals surface area contributed by atoms with Gasteiger partial charge >= 0.3 is 0 Å². The fourth-order valence-electron chi connectivity index (χ4n) is 3.81. The number of morpholine rings is 1. The van der Waals surface area contributed by atoms with E-state index in [2.05, 4.69) is 77.5 Å². The van der Waals surface area contributed by atoms with E-state index in [9.17, 15) is 0 Å². The van der Waals surface area contributed by atoms with Crippen LogP contribution in [0.15, 0.2) is 48.5 Å². The van der Waals surface area contributed by atoms with E-state index in [4.69, 9.17) is 17.0 Å². The van der Waals surface area contributed by atoms with Crippen LogP contribution in [0, 0.1) is 6.92 Å². The highest BCUT2D eigenvalue weighted by atomic mass is 32.1. The molecule has 0 aliphatic carbocycles. The van der Waals surface area contributed by atoms with Crippen LogP contribution >= 0.6 is 12.2 Å². The zero-order chi connectivity index (χ0) is 21.9.